The number of carboxylic acid groups (broad SMARTS) is 1. The third-order valence-corrected chi connectivity index (χ3v) is 10.2. The number of amides is 2. The number of aliphatic carboxylic acids is 1. The van der Waals surface area contributed by atoms with Crippen molar-refractivity contribution in [1.29, 1.82) is 0 Å². The van der Waals surface area contributed by atoms with Crippen molar-refractivity contribution in [3.05, 3.63) is 102 Å². The summed E-state index contributed by atoms with van der Waals surface area (Å²) in [6.45, 7) is 10.3. The lowest BCUT2D eigenvalue weighted by molar-refractivity contribution is -0.138. The monoisotopic (exact) mass is 748 g/mol. The van der Waals surface area contributed by atoms with Crippen LogP contribution in [0.3, 0.4) is 0 Å². The van der Waals surface area contributed by atoms with E-state index in [2.05, 4.69) is 48.3 Å². The first-order valence-corrected chi connectivity index (χ1v) is 19.7. The van der Waals surface area contributed by atoms with Crippen LogP contribution in [0.15, 0.2) is 85.2 Å². The fourth-order valence-electron chi connectivity index (χ4n) is 6.79. The number of benzene rings is 3. The second-order valence-corrected chi connectivity index (χ2v) is 15.5. The molecule has 2 atom stereocenters. The third-order valence-electron chi connectivity index (χ3n) is 10.2. The lowest BCUT2D eigenvalue weighted by Gasteiger charge is -2.31. The molecule has 2 heterocycles. The SMILES string of the molecule is CCCCCCCOc1ccc(-c2cnc(-c3ccc(C[C@H](NC(=O)c4ccc(C(C)(C)C)cc4)C(=O)NC(CC(=O)O)C4CCOCC4)cc3)nc2)cc1. The van der Waals surface area contributed by atoms with Crippen LogP contribution >= 0.6 is 0 Å². The molecule has 5 rings (SSSR count). The Labute approximate surface area is 325 Å². The van der Waals surface area contributed by atoms with Crippen LogP contribution in [0.1, 0.15) is 101 Å². The van der Waals surface area contributed by atoms with Crippen molar-refractivity contribution >= 4 is 17.8 Å². The summed E-state index contributed by atoms with van der Waals surface area (Å²) in [7, 11) is 0. The van der Waals surface area contributed by atoms with Gasteiger partial charge in [-0.3, -0.25) is 14.4 Å². The minimum absolute atomic E-state index is 0.0379. The highest BCUT2D eigenvalue weighted by Crippen LogP contribution is 2.26. The molecule has 1 fully saturated rings. The van der Waals surface area contributed by atoms with E-state index in [0.717, 1.165) is 46.6 Å². The fourth-order valence-corrected chi connectivity index (χ4v) is 6.79. The standard InChI is InChI=1S/C45H56N4O6/c1-5-6-7-8-9-24-55-38-20-16-32(17-21-38)36-29-46-42(47-30-36)34-12-10-31(11-13-34)27-40(49-43(52)35-14-18-37(19-15-35)45(2,3)4)44(53)48-39(28-41(50)51)33-22-25-54-26-23-33/h10-21,29-30,33,39-40H,5-9,22-28H2,1-4H3,(H,48,53)(H,49,52)(H,50,51)/t39?,40-/m0/s1. The van der Waals surface area contributed by atoms with Crippen LogP contribution in [-0.2, 0) is 26.2 Å². The van der Waals surface area contributed by atoms with Gasteiger partial charge in [0, 0.05) is 54.8 Å². The van der Waals surface area contributed by atoms with Gasteiger partial charge in [0.25, 0.3) is 5.91 Å². The highest BCUT2D eigenvalue weighted by atomic mass is 16.5. The predicted molar refractivity (Wildman–Crippen MR) is 215 cm³/mol. The van der Waals surface area contributed by atoms with Gasteiger partial charge in [0.1, 0.15) is 11.8 Å². The molecule has 0 spiro atoms. The van der Waals surface area contributed by atoms with E-state index >= 15 is 0 Å². The zero-order chi connectivity index (χ0) is 39.2. The zero-order valence-corrected chi connectivity index (χ0v) is 32.7. The molecule has 0 aliphatic carbocycles. The average Bonchev–Trinajstić information content (AvgIpc) is 3.19. The van der Waals surface area contributed by atoms with E-state index in [-0.39, 0.29) is 30.1 Å². The van der Waals surface area contributed by atoms with Crippen molar-refractivity contribution < 1.29 is 29.0 Å². The summed E-state index contributed by atoms with van der Waals surface area (Å²) in [5, 5.41) is 15.6. The van der Waals surface area contributed by atoms with Crippen molar-refractivity contribution in [3.8, 4) is 28.3 Å². The smallest absolute Gasteiger partial charge is 0.305 e. The number of aromatic nitrogens is 2. The van der Waals surface area contributed by atoms with Gasteiger partial charge in [0.2, 0.25) is 5.91 Å². The Bertz CT molecular complexity index is 1810. The number of nitrogens with zero attached hydrogens (tertiary/aromatic N) is 2. The van der Waals surface area contributed by atoms with Crippen molar-refractivity contribution in [3.63, 3.8) is 0 Å². The quantitative estimate of drug-likeness (QED) is 0.0866. The highest BCUT2D eigenvalue weighted by Gasteiger charge is 2.31. The van der Waals surface area contributed by atoms with E-state index in [9.17, 15) is 19.5 Å². The molecule has 1 aromatic heterocycles. The topological polar surface area (TPSA) is 140 Å². The molecule has 1 aliphatic rings. The average molecular weight is 749 g/mol. The minimum atomic E-state index is -0.992. The molecule has 292 valence electrons. The van der Waals surface area contributed by atoms with E-state index in [4.69, 9.17) is 9.47 Å². The summed E-state index contributed by atoms with van der Waals surface area (Å²) in [5.41, 5.74) is 4.96. The highest BCUT2D eigenvalue weighted by molar-refractivity contribution is 5.97. The first-order chi connectivity index (χ1) is 26.5. The molecular formula is C45H56N4O6. The molecule has 1 unspecified atom stereocenters. The normalized spacial score (nSPS) is 14.5. The Hall–Kier alpha value is -5.09. The van der Waals surface area contributed by atoms with E-state index in [1.54, 1.807) is 24.5 Å². The van der Waals surface area contributed by atoms with Crippen LogP contribution in [0, 0.1) is 5.92 Å². The molecule has 0 bridgehead atoms. The number of carbonyl (C=O) groups excluding carboxylic acids is 2. The lowest BCUT2D eigenvalue weighted by Crippen LogP contribution is -2.53. The van der Waals surface area contributed by atoms with Crippen LogP contribution < -0.4 is 15.4 Å². The molecule has 4 aromatic rings. The lowest BCUT2D eigenvalue weighted by atomic mass is 9.86. The van der Waals surface area contributed by atoms with Crippen molar-refractivity contribution in [2.24, 2.45) is 5.92 Å². The Balaban J connectivity index is 1.26. The summed E-state index contributed by atoms with van der Waals surface area (Å²) in [6.07, 6.45) is 10.9. The number of hydrogen-bond donors (Lipinski definition) is 3. The summed E-state index contributed by atoms with van der Waals surface area (Å²) in [5.74, 6) is -0.427. The molecule has 55 heavy (non-hydrogen) atoms. The van der Waals surface area contributed by atoms with Gasteiger partial charge in [0.05, 0.1) is 13.0 Å². The van der Waals surface area contributed by atoms with Gasteiger partial charge in [-0.1, -0.05) is 102 Å². The van der Waals surface area contributed by atoms with Crippen molar-refractivity contribution in [1.82, 2.24) is 20.6 Å². The molecule has 1 aliphatic heterocycles. The van der Waals surface area contributed by atoms with Crippen LogP contribution in [0.25, 0.3) is 22.5 Å². The second-order valence-electron chi connectivity index (χ2n) is 15.5. The summed E-state index contributed by atoms with van der Waals surface area (Å²) < 4.78 is 11.4. The van der Waals surface area contributed by atoms with Crippen molar-refractivity contribution in [2.45, 2.75) is 103 Å². The fraction of sp³-hybridized carbons (Fsp3) is 0.444. The molecule has 3 N–H and O–H groups in total. The van der Waals surface area contributed by atoms with E-state index in [0.29, 0.717) is 37.4 Å². The van der Waals surface area contributed by atoms with Crippen LogP contribution in [0.4, 0.5) is 0 Å². The number of hydrogen-bond acceptors (Lipinski definition) is 7. The van der Waals surface area contributed by atoms with Gasteiger partial charge in [0.15, 0.2) is 5.82 Å². The summed E-state index contributed by atoms with van der Waals surface area (Å²) >= 11 is 0. The number of carbonyl (C=O) groups is 3. The Kier molecular flexibility index (Phi) is 14.9. The van der Waals surface area contributed by atoms with Crippen LogP contribution in [0.5, 0.6) is 5.75 Å². The largest absolute Gasteiger partial charge is 0.494 e. The van der Waals surface area contributed by atoms with Crippen molar-refractivity contribution in [2.75, 3.05) is 19.8 Å². The molecule has 1 saturated heterocycles. The van der Waals surface area contributed by atoms with Gasteiger partial charge >= 0.3 is 5.97 Å². The molecule has 10 heteroatoms. The van der Waals surface area contributed by atoms with Crippen LogP contribution in [0.2, 0.25) is 0 Å². The van der Waals surface area contributed by atoms with E-state index < -0.39 is 24.0 Å². The number of nitrogens with one attached hydrogen (secondary N) is 2. The molecule has 0 saturated carbocycles. The number of ether oxygens (including phenoxy) is 2. The number of rotatable bonds is 18. The maximum Gasteiger partial charge on any atom is 0.305 e. The molecule has 10 nitrogen and oxygen atoms in total. The second kappa shape index (κ2) is 20.0. The van der Waals surface area contributed by atoms with E-state index in [1.165, 1.54) is 25.7 Å². The van der Waals surface area contributed by atoms with Gasteiger partial charge in [-0.15, -0.1) is 0 Å². The predicted octanol–water partition coefficient (Wildman–Crippen LogP) is 8.18. The first-order valence-electron chi connectivity index (χ1n) is 19.7. The van der Waals surface area contributed by atoms with Crippen LogP contribution in [-0.4, -0.2) is 64.8 Å². The maximum atomic E-state index is 13.9. The molecule has 2 amide bonds. The maximum absolute atomic E-state index is 13.9. The first kappa shape index (κ1) is 41.1. The number of carboxylic acids is 1. The molecule has 0 radical (unpaired) electrons. The summed E-state index contributed by atoms with van der Waals surface area (Å²) in [6, 6.07) is 21.4. The van der Waals surface area contributed by atoms with Gasteiger partial charge in [-0.05, 0) is 71.6 Å². The minimum Gasteiger partial charge on any atom is -0.494 e. The third kappa shape index (κ3) is 12.5. The zero-order valence-electron chi connectivity index (χ0n) is 32.7. The molecule has 3 aromatic carbocycles. The van der Waals surface area contributed by atoms with Gasteiger partial charge in [-0.2, -0.15) is 0 Å². The summed E-state index contributed by atoms with van der Waals surface area (Å²) in [4.78, 5) is 48.5. The Morgan fingerprint density at radius 3 is 2.07 bits per heavy atom. The Morgan fingerprint density at radius 2 is 1.45 bits per heavy atom. The number of unbranched alkanes of at least 4 members (excludes halogenated alkanes) is 4. The Morgan fingerprint density at radius 1 is 0.818 bits per heavy atom. The molecular weight excluding hydrogens is 693 g/mol. The van der Waals surface area contributed by atoms with Gasteiger partial charge in [-0.25, -0.2) is 9.97 Å². The van der Waals surface area contributed by atoms with E-state index in [1.807, 2.05) is 60.7 Å². The van der Waals surface area contributed by atoms with Gasteiger partial charge < -0.3 is 25.2 Å².